The van der Waals surface area contributed by atoms with Crippen molar-refractivity contribution in [3.8, 4) is 0 Å². The number of aliphatic carboxylic acids is 1. The smallest absolute Gasteiger partial charge is 0.304 e. The van der Waals surface area contributed by atoms with Gasteiger partial charge in [-0.2, -0.15) is 0 Å². The fourth-order valence-electron chi connectivity index (χ4n) is 4.46. The van der Waals surface area contributed by atoms with E-state index in [1.165, 1.54) is 24.8 Å². The Kier molecular flexibility index (Phi) is 6.71. The average molecular weight is 360 g/mol. The molecule has 1 aliphatic heterocycles. The van der Waals surface area contributed by atoms with Gasteiger partial charge in [-0.25, -0.2) is 0 Å². The van der Waals surface area contributed by atoms with Crippen LogP contribution in [0.2, 0.25) is 0 Å². The van der Waals surface area contributed by atoms with Crippen LogP contribution in [-0.2, 0) is 9.53 Å². The van der Waals surface area contributed by atoms with Gasteiger partial charge in [0.25, 0.3) is 0 Å². The first-order valence-corrected chi connectivity index (χ1v) is 10.2. The first kappa shape index (κ1) is 19.4. The van der Waals surface area contributed by atoms with Gasteiger partial charge in [0.1, 0.15) is 0 Å². The summed E-state index contributed by atoms with van der Waals surface area (Å²) in [5, 5.41) is 8.89. The third kappa shape index (κ3) is 5.31. The molecule has 2 aliphatic rings. The summed E-state index contributed by atoms with van der Waals surface area (Å²) in [6, 6.07) is 10.9. The maximum absolute atomic E-state index is 10.8. The molecule has 0 aromatic heterocycles. The molecule has 3 rings (SSSR count). The number of hydrogen-bond acceptors (Lipinski definition) is 3. The minimum Gasteiger partial charge on any atom is -0.481 e. The lowest BCUT2D eigenvalue weighted by atomic mass is 9.74. The summed E-state index contributed by atoms with van der Waals surface area (Å²) in [5.41, 5.74) is 1.79. The van der Waals surface area contributed by atoms with Crippen LogP contribution in [0.5, 0.6) is 0 Å². The van der Waals surface area contributed by atoms with Crippen molar-refractivity contribution in [3.05, 3.63) is 35.9 Å². The van der Waals surface area contributed by atoms with E-state index >= 15 is 0 Å². The molecule has 4 nitrogen and oxygen atoms in total. The van der Waals surface area contributed by atoms with E-state index in [4.69, 9.17) is 9.84 Å². The average Bonchev–Trinajstić information content (AvgIpc) is 3.45. The lowest BCUT2D eigenvalue weighted by molar-refractivity contribution is -0.137. The van der Waals surface area contributed by atoms with Gasteiger partial charge in [-0.1, -0.05) is 30.3 Å². The molecule has 1 saturated carbocycles. The summed E-state index contributed by atoms with van der Waals surface area (Å²) < 4.78 is 5.86. The first-order chi connectivity index (χ1) is 12.6. The van der Waals surface area contributed by atoms with Crippen molar-refractivity contribution in [2.75, 3.05) is 32.8 Å². The second kappa shape index (κ2) is 9.01. The van der Waals surface area contributed by atoms with Crippen LogP contribution in [0, 0.1) is 11.3 Å². The predicted octanol–water partition coefficient (Wildman–Crippen LogP) is 4.16. The number of benzene rings is 1. The van der Waals surface area contributed by atoms with Gasteiger partial charge < -0.3 is 14.7 Å². The minimum atomic E-state index is -0.697. The quantitative estimate of drug-likeness (QED) is 0.681. The van der Waals surface area contributed by atoms with Crippen LogP contribution in [0.15, 0.2) is 30.3 Å². The lowest BCUT2D eigenvalue weighted by Crippen LogP contribution is -2.43. The molecular weight excluding hydrogens is 326 g/mol. The molecule has 0 spiro atoms. The number of carboxylic acid groups (broad SMARTS) is 1. The van der Waals surface area contributed by atoms with Crippen LogP contribution < -0.4 is 0 Å². The third-order valence-electron chi connectivity index (χ3n) is 6.37. The molecule has 1 aliphatic carbocycles. The van der Waals surface area contributed by atoms with Gasteiger partial charge in [0.2, 0.25) is 0 Å². The van der Waals surface area contributed by atoms with Gasteiger partial charge >= 0.3 is 5.97 Å². The van der Waals surface area contributed by atoms with Crippen LogP contribution >= 0.6 is 0 Å². The maximum Gasteiger partial charge on any atom is 0.304 e. The van der Waals surface area contributed by atoms with E-state index in [-0.39, 0.29) is 6.42 Å². The highest BCUT2D eigenvalue weighted by Crippen LogP contribution is 2.52. The molecule has 1 unspecified atom stereocenters. The lowest BCUT2D eigenvalue weighted by Gasteiger charge is -2.42. The Morgan fingerprint density at radius 3 is 2.65 bits per heavy atom. The Hall–Kier alpha value is -1.39. The Bertz CT molecular complexity index is 566. The van der Waals surface area contributed by atoms with Crippen molar-refractivity contribution in [1.82, 2.24) is 4.90 Å². The van der Waals surface area contributed by atoms with Gasteiger partial charge in [-0.05, 0) is 74.9 Å². The second-order valence-corrected chi connectivity index (χ2v) is 8.17. The monoisotopic (exact) mass is 359 g/mol. The highest BCUT2D eigenvalue weighted by Gasteiger charge is 2.41. The van der Waals surface area contributed by atoms with Crippen LogP contribution in [0.4, 0.5) is 0 Å². The van der Waals surface area contributed by atoms with Crippen molar-refractivity contribution in [3.63, 3.8) is 0 Å². The van der Waals surface area contributed by atoms with Crippen LogP contribution in [0.1, 0.15) is 56.9 Å². The van der Waals surface area contributed by atoms with E-state index in [0.717, 1.165) is 51.0 Å². The number of piperidine rings is 1. The Balaban J connectivity index is 1.48. The third-order valence-corrected chi connectivity index (χ3v) is 6.37. The van der Waals surface area contributed by atoms with Gasteiger partial charge in [0.15, 0.2) is 0 Å². The molecule has 144 valence electrons. The summed E-state index contributed by atoms with van der Waals surface area (Å²) in [5.74, 6) is 0.897. The van der Waals surface area contributed by atoms with E-state index in [9.17, 15) is 4.79 Å². The van der Waals surface area contributed by atoms with Crippen LogP contribution in [0.25, 0.3) is 0 Å². The van der Waals surface area contributed by atoms with Gasteiger partial charge in [0.05, 0.1) is 13.0 Å². The largest absolute Gasteiger partial charge is 0.481 e. The fourth-order valence-corrected chi connectivity index (χ4v) is 4.46. The topological polar surface area (TPSA) is 49.8 Å². The molecule has 26 heavy (non-hydrogen) atoms. The SMILES string of the molecule is CCOCC1(CC[C@@H]2CC2c2ccccc2)CCN(CCC(=O)O)CC1. The van der Waals surface area contributed by atoms with Crippen molar-refractivity contribution in [1.29, 1.82) is 0 Å². The van der Waals surface area contributed by atoms with E-state index in [1.807, 2.05) is 0 Å². The summed E-state index contributed by atoms with van der Waals surface area (Å²) in [6.07, 6.45) is 6.39. The van der Waals surface area contributed by atoms with Crippen LogP contribution in [-0.4, -0.2) is 48.8 Å². The van der Waals surface area contributed by atoms with Crippen LogP contribution in [0.3, 0.4) is 0 Å². The molecule has 0 bridgehead atoms. The zero-order valence-corrected chi connectivity index (χ0v) is 16.0. The number of ether oxygens (including phenoxy) is 1. The number of likely N-dealkylation sites (tertiary alicyclic amines) is 1. The highest BCUT2D eigenvalue weighted by atomic mass is 16.5. The summed E-state index contributed by atoms with van der Waals surface area (Å²) in [4.78, 5) is 13.1. The first-order valence-electron chi connectivity index (χ1n) is 10.2. The maximum atomic E-state index is 10.8. The Morgan fingerprint density at radius 1 is 1.27 bits per heavy atom. The van der Waals surface area contributed by atoms with E-state index in [2.05, 4.69) is 42.2 Å². The van der Waals surface area contributed by atoms with E-state index < -0.39 is 5.97 Å². The normalized spacial score (nSPS) is 25.1. The second-order valence-electron chi connectivity index (χ2n) is 8.17. The molecule has 1 aromatic rings. The predicted molar refractivity (Wildman–Crippen MR) is 103 cm³/mol. The minimum absolute atomic E-state index is 0.249. The summed E-state index contributed by atoms with van der Waals surface area (Å²) in [7, 11) is 0. The number of carboxylic acids is 1. The molecule has 0 amide bonds. The van der Waals surface area contributed by atoms with Crippen molar-refractivity contribution in [2.24, 2.45) is 11.3 Å². The standard InChI is InChI=1S/C22H33NO3/c1-2-26-17-22(11-14-23(15-12-22)13-9-21(24)25)10-8-19-16-20(19)18-6-4-3-5-7-18/h3-7,19-20H,2,8-17H2,1H3,(H,24,25)/t19-,20?/m1/s1. The van der Waals surface area contributed by atoms with Crippen molar-refractivity contribution >= 4 is 5.97 Å². The molecule has 1 N–H and O–H groups in total. The molecular formula is C22H33NO3. The summed E-state index contributed by atoms with van der Waals surface area (Å²) in [6.45, 7) is 6.40. The van der Waals surface area contributed by atoms with Gasteiger partial charge in [0, 0.05) is 13.2 Å². The molecule has 2 fully saturated rings. The number of hydrogen-bond donors (Lipinski definition) is 1. The molecule has 1 heterocycles. The van der Waals surface area contributed by atoms with E-state index in [1.54, 1.807) is 0 Å². The molecule has 4 heteroatoms. The Morgan fingerprint density at radius 2 is 2.00 bits per heavy atom. The molecule has 1 aromatic carbocycles. The van der Waals surface area contributed by atoms with Gasteiger partial charge in [-0.3, -0.25) is 4.79 Å². The van der Waals surface area contributed by atoms with E-state index in [0.29, 0.717) is 12.0 Å². The highest BCUT2D eigenvalue weighted by molar-refractivity contribution is 5.66. The van der Waals surface area contributed by atoms with Crippen molar-refractivity contribution < 1.29 is 14.6 Å². The zero-order valence-electron chi connectivity index (χ0n) is 16.0. The number of rotatable bonds is 10. The van der Waals surface area contributed by atoms with Gasteiger partial charge in [-0.15, -0.1) is 0 Å². The summed E-state index contributed by atoms with van der Waals surface area (Å²) >= 11 is 0. The number of nitrogens with zero attached hydrogens (tertiary/aromatic N) is 1. The molecule has 0 radical (unpaired) electrons. The number of carbonyl (C=O) groups is 1. The van der Waals surface area contributed by atoms with Crippen molar-refractivity contribution in [2.45, 2.75) is 51.4 Å². The molecule has 1 saturated heterocycles. The zero-order chi connectivity index (χ0) is 18.4. The Labute approximate surface area is 157 Å². The molecule has 2 atom stereocenters. The fraction of sp³-hybridized carbons (Fsp3) is 0.682.